The summed E-state index contributed by atoms with van der Waals surface area (Å²) < 4.78 is 22.8. The largest absolute Gasteiger partial charge is 0.477 e. The number of aromatic nitrogens is 2. The summed E-state index contributed by atoms with van der Waals surface area (Å²) >= 11 is 1.00. The topological polar surface area (TPSA) is 237 Å². The van der Waals surface area contributed by atoms with Gasteiger partial charge in [-0.15, -0.1) is 11.3 Å². The lowest BCUT2D eigenvalue weighted by molar-refractivity contribution is -0.216. The summed E-state index contributed by atoms with van der Waals surface area (Å²) in [6.45, 7) is -0.328. The molecule has 2 amide bonds. The summed E-state index contributed by atoms with van der Waals surface area (Å²) in [5, 5.41) is 18.2. The molecular weight excluding hydrogens is 524 g/mol. The van der Waals surface area contributed by atoms with E-state index in [2.05, 4.69) is 20.6 Å². The minimum Gasteiger partial charge on any atom is -0.477 e. The smallest absolute Gasteiger partial charge is 0.370 e. The van der Waals surface area contributed by atoms with E-state index in [1.165, 1.54) is 5.38 Å². The van der Waals surface area contributed by atoms with Gasteiger partial charge in [0.2, 0.25) is 0 Å². The maximum atomic E-state index is 13.1. The SMILES string of the molecule is Nc1nc(/C(=N/OCc2cc(=O)[nH]o2)C(=O)N[C@@H]2C(=O)N3[C@@H]2[S@@](=O)C[C@@H]2CC(=O)O[C@@]23C(=O)O)cs1. The van der Waals surface area contributed by atoms with E-state index in [4.69, 9.17) is 19.8 Å². The molecule has 5 atom stereocenters. The predicted octanol–water partition coefficient (Wildman–Crippen LogP) is -2.31. The molecule has 16 nitrogen and oxygen atoms in total. The maximum absolute atomic E-state index is 13.1. The Bertz CT molecular complexity index is 1400. The van der Waals surface area contributed by atoms with E-state index in [-0.39, 0.29) is 35.4 Å². The molecule has 18 heteroatoms. The third kappa shape index (κ3) is 3.65. The van der Waals surface area contributed by atoms with Crippen molar-refractivity contribution in [2.24, 2.45) is 11.1 Å². The lowest BCUT2D eigenvalue weighted by Gasteiger charge is -2.56. The highest BCUT2D eigenvalue weighted by Crippen LogP contribution is 2.47. The van der Waals surface area contributed by atoms with Gasteiger partial charge < -0.3 is 30.3 Å². The van der Waals surface area contributed by atoms with Crippen molar-refractivity contribution in [3.8, 4) is 0 Å². The van der Waals surface area contributed by atoms with E-state index in [1.807, 2.05) is 0 Å². The van der Waals surface area contributed by atoms with Crippen LogP contribution >= 0.6 is 11.3 Å². The first kappa shape index (κ1) is 23.7. The molecule has 3 saturated heterocycles. The standard InChI is InChI=1S/C18H16N6O10S2/c19-17-20-8(4-35-17)11(23-32-3-7-2-9(25)22-34-7)13(27)21-12-14(28)24-15(12)36(31)5-6-1-10(26)33-18(6,24)16(29)30/h2,4,6,12,15H,1,3,5H2,(H2,19,20)(H,21,27)(H,22,25)(H,29,30)/b23-11-/t6-,12+,15+,18+,36-/m0/s1. The highest BCUT2D eigenvalue weighted by molar-refractivity contribution is 7.85. The molecule has 2 aromatic rings. The molecule has 36 heavy (non-hydrogen) atoms. The van der Waals surface area contributed by atoms with Gasteiger partial charge in [0.25, 0.3) is 23.1 Å². The number of nitrogens with one attached hydrogen (secondary N) is 2. The number of hydrogen-bond acceptors (Lipinski definition) is 13. The highest BCUT2D eigenvalue weighted by Gasteiger charge is 2.73. The Labute approximate surface area is 205 Å². The van der Waals surface area contributed by atoms with Gasteiger partial charge in [-0.05, 0) is 0 Å². The van der Waals surface area contributed by atoms with Crippen LogP contribution in [0.25, 0.3) is 0 Å². The summed E-state index contributed by atoms with van der Waals surface area (Å²) in [6, 6.07) is -0.281. The number of rotatable bonds is 7. The van der Waals surface area contributed by atoms with Crippen LogP contribution in [0, 0.1) is 5.92 Å². The van der Waals surface area contributed by atoms with E-state index in [9.17, 15) is 33.3 Å². The molecule has 0 saturated carbocycles. The van der Waals surface area contributed by atoms with Crippen LogP contribution in [0.2, 0.25) is 0 Å². The van der Waals surface area contributed by atoms with Gasteiger partial charge >= 0.3 is 11.9 Å². The predicted molar refractivity (Wildman–Crippen MR) is 117 cm³/mol. The van der Waals surface area contributed by atoms with Crippen molar-refractivity contribution in [1.82, 2.24) is 20.4 Å². The highest BCUT2D eigenvalue weighted by atomic mass is 32.2. The van der Waals surface area contributed by atoms with E-state index in [0.717, 1.165) is 22.3 Å². The van der Waals surface area contributed by atoms with E-state index in [1.54, 1.807) is 0 Å². The summed E-state index contributed by atoms with van der Waals surface area (Å²) in [5.41, 5.74) is 2.46. The van der Waals surface area contributed by atoms with Crippen LogP contribution in [0.15, 0.2) is 25.9 Å². The molecule has 3 aliphatic heterocycles. The number of amides is 2. The van der Waals surface area contributed by atoms with Gasteiger partial charge in [0, 0.05) is 21.9 Å². The Kier molecular flexibility index (Phi) is 5.62. The quantitative estimate of drug-likeness (QED) is 0.125. The number of carbonyl (C=O) groups excluding carboxylic acids is 3. The lowest BCUT2D eigenvalue weighted by atomic mass is 9.89. The molecule has 0 aromatic carbocycles. The molecular formula is C18H16N6O10S2. The van der Waals surface area contributed by atoms with Gasteiger partial charge in [-0.2, -0.15) is 5.16 Å². The fraction of sp³-hybridized carbons (Fsp3) is 0.389. The number of esters is 1. The fourth-order valence-corrected chi connectivity index (χ4v) is 6.73. The zero-order chi connectivity index (χ0) is 25.8. The molecule has 0 aliphatic carbocycles. The number of carboxylic acids is 1. The monoisotopic (exact) mass is 540 g/mol. The van der Waals surface area contributed by atoms with Crippen molar-refractivity contribution < 1.29 is 42.6 Å². The Hall–Kier alpha value is -4.06. The molecule has 2 aromatic heterocycles. The van der Waals surface area contributed by atoms with Gasteiger partial charge in [-0.1, -0.05) is 5.16 Å². The molecule has 0 bridgehead atoms. The van der Waals surface area contributed by atoms with Crippen molar-refractivity contribution in [2.45, 2.75) is 30.2 Å². The van der Waals surface area contributed by atoms with Crippen LogP contribution in [0.1, 0.15) is 17.9 Å². The number of carbonyl (C=O) groups is 4. The number of aliphatic carboxylic acids is 1. The van der Waals surface area contributed by atoms with Crippen LogP contribution in [0.3, 0.4) is 0 Å². The number of hydrogen-bond donors (Lipinski definition) is 4. The average molecular weight is 540 g/mol. The minimum absolute atomic E-state index is 0.00529. The number of nitrogens with two attached hydrogens (primary N) is 1. The number of carboxylic acid groups (broad SMARTS) is 1. The number of nitrogens with zero attached hydrogens (tertiary/aromatic N) is 3. The second kappa shape index (κ2) is 8.55. The molecule has 5 heterocycles. The zero-order valence-electron chi connectivity index (χ0n) is 17.9. The molecule has 5 N–H and O–H groups in total. The Morgan fingerprint density at radius 2 is 2.22 bits per heavy atom. The number of ether oxygens (including phenoxy) is 1. The van der Waals surface area contributed by atoms with Crippen molar-refractivity contribution in [3.05, 3.63) is 33.3 Å². The van der Waals surface area contributed by atoms with Crippen LogP contribution in [0.5, 0.6) is 0 Å². The van der Waals surface area contributed by atoms with Crippen LogP contribution in [-0.4, -0.2) is 76.7 Å². The summed E-state index contributed by atoms with van der Waals surface area (Å²) in [7, 11) is -1.80. The summed E-state index contributed by atoms with van der Waals surface area (Å²) in [4.78, 5) is 70.9. The number of β-lactam (4-membered cyclic amide) rings is 1. The van der Waals surface area contributed by atoms with Crippen LogP contribution < -0.4 is 16.6 Å². The number of nitrogen functional groups attached to an aromatic ring is 1. The van der Waals surface area contributed by atoms with Crippen molar-refractivity contribution in [3.63, 3.8) is 0 Å². The minimum atomic E-state index is -2.28. The normalized spacial score (nSPS) is 29.1. The number of aromatic amines is 1. The third-order valence-electron chi connectivity index (χ3n) is 5.78. The first-order valence-electron chi connectivity index (χ1n) is 10.2. The van der Waals surface area contributed by atoms with Crippen molar-refractivity contribution >= 4 is 56.7 Å². The van der Waals surface area contributed by atoms with Gasteiger partial charge in [-0.25, -0.2) is 9.78 Å². The molecule has 0 unspecified atom stereocenters. The lowest BCUT2D eigenvalue weighted by Crippen LogP contribution is -2.83. The van der Waals surface area contributed by atoms with Crippen molar-refractivity contribution in [2.75, 3.05) is 11.5 Å². The number of anilines is 1. The van der Waals surface area contributed by atoms with E-state index >= 15 is 0 Å². The van der Waals surface area contributed by atoms with Crippen LogP contribution in [-0.2, 0) is 46.2 Å². The van der Waals surface area contributed by atoms with Crippen molar-refractivity contribution in [1.29, 1.82) is 0 Å². The third-order valence-corrected chi connectivity index (χ3v) is 8.21. The summed E-state index contributed by atoms with van der Waals surface area (Å²) in [5.74, 6) is -5.36. The zero-order valence-corrected chi connectivity index (χ0v) is 19.5. The van der Waals surface area contributed by atoms with Gasteiger partial charge in [-0.3, -0.25) is 28.3 Å². The number of fused-ring (bicyclic) bond motifs is 3. The summed E-state index contributed by atoms with van der Waals surface area (Å²) in [6.07, 6.45) is -0.299. The second-order valence-electron chi connectivity index (χ2n) is 7.94. The first-order chi connectivity index (χ1) is 17.1. The molecule has 3 aliphatic rings. The van der Waals surface area contributed by atoms with E-state index < -0.39 is 68.9 Å². The Morgan fingerprint density at radius 3 is 2.86 bits per heavy atom. The molecule has 5 rings (SSSR count). The Balaban J connectivity index is 1.38. The average Bonchev–Trinajstić information content (AvgIpc) is 3.51. The van der Waals surface area contributed by atoms with Gasteiger partial charge in [0.05, 0.1) is 18.4 Å². The fourth-order valence-electron chi connectivity index (χ4n) is 4.26. The number of oxime groups is 1. The maximum Gasteiger partial charge on any atom is 0.370 e. The molecule has 190 valence electrons. The second-order valence-corrected chi connectivity index (χ2v) is 10.4. The molecule has 3 fully saturated rings. The van der Waals surface area contributed by atoms with Gasteiger partial charge in [0.1, 0.15) is 17.1 Å². The molecule has 0 radical (unpaired) electrons. The van der Waals surface area contributed by atoms with E-state index in [0.29, 0.717) is 0 Å². The van der Waals surface area contributed by atoms with Gasteiger partial charge in [0.15, 0.2) is 23.2 Å². The van der Waals surface area contributed by atoms with Crippen LogP contribution in [0.4, 0.5) is 5.13 Å². The number of thiazole rings is 1. The Morgan fingerprint density at radius 1 is 1.44 bits per heavy atom. The number of H-pyrrole nitrogens is 1. The first-order valence-corrected chi connectivity index (χ1v) is 12.4. The molecule has 0 spiro atoms.